The molecule has 0 atom stereocenters. The number of hydrogen-bond acceptors (Lipinski definition) is 6. The second-order valence-electron chi connectivity index (χ2n) is 6.98. The lowest BCUT2D eigenvalue weighted by molar-refractivity contribution is -0.0403. The minimum atomic E-state index is 0.371. The molecule has 1 aromatic carbocycles. The fourth-order valence-corrected chi connectivity index (χ4v) is 3.58. The first-order valence-corrected chi connectivity index (χ1v) is 8.95. The third-order valence-electron chi connectivity index (χ3n) is 5.17. The topological polar surface area (TPSA) is 78.0 Å². The first-order chi connectivity index (χ1) is 12.4. The normalized spacial score (nSPS) is 19.4. The molecule has 0 unspecified atom stereocenters. The lowest BCUT2D eigenvalue weighted by Crippen LogP contribution is -2.31. The largest absolute Gasteiger partial charge is 0.381 e. The number of nitrogens with one attached hydrogen (secondary N) is 1. The van der Waals surface area contributed by atoms with E-state index in [4.69, 9.17) is 9.26 Å². The van der Waals surface area contributed by atoms with Gasteiger partial charge in [0.1, 0.15) is 0 Å². The van der Waals surface area contributed by atoms with Crippen molar-refractivity contribution in [2.75, 3.05) is 26.3 Å². The van der Waals surface area contributed by atoms with Gasteiger partial charge in [0.25, 0.3) is 0 Å². The number of fused-ring (bicyclic) bond motifs is 1. The Balaban J connectivity index is 1.44. The van der Waals surface area contributed by atoms with E-state index in [9.17, 15) is 0 Å². The summed E-state index contributed by atoms with van der Waals surface area (Å²) >= 11 is 0. The molecular weight excluding hydrogens is 318 g/mol. The Labute approximate surface area is 145 Å². The van der Waals surface area contributed by atoms with E-state index in [-0.39, 0.29) is 0 Å². The molecule has 7 heteroatoms. The van der Waals surface area contributed by atoms with E-state index in [2.05, 4.69) is 37.4 Å². The van der Waals surface area contributed by atoms with Crippen LogP contribution in [0.15, 0.2) is 28.9 Å². The van der Waals surface area contributed by atoms with Crippen molar-refractivity contribution in [2.45, 2.75) is 25.3 Å². The Morgan fingerprint density at radius 1 is 1.20 bits per heavy atom. The maximum absolute atomic E-state index is 5.55. The van der Waals surface area contributed by atoms with Gasteiger partial charge in [-0.15, -0.1) is 0 Å². The minimum absolute atomic E-state index is 0.371. The SMILES string of the molecule is c1cc2cnn(CC3COC3)c2cc1-c1noc(C2CCNCC2)n1. The molecule has 130 valence electrons. The Hall–Kier alpha value is -2.25. The summed E-state index contributed by atoms with van der Waals surface area (Å²) in [7, 11) is 0. The maximum Gasteiger partial charge on any atom is 0.230 e. The van der Waals surface area contributed by atoms with E-state index < -0.39 is 0 Å². The number of piperidine rings is 1. The van der Waals surface area contributed by atoms with Gasteiger partial charge < -0.3 is 14.6 Å². The number of hydrogen-bond donors (Lipinski definition) is 1. The zero-order valence-electron chi connectivity index (χ0n) is 14.0. The van der Waals surface area contributed by atoms with E-state index in [1.54, 1.807) is 0 Å². The van der Waals surface area contributed by atoms with E-state index in [1.165, 1.54) is 0 Å². The summed E-state index contributed by atoms with van der Waals surface area (Å²) in [5.41, 5.74) is 2.08. The van der Waals surface area contributed by atoms with Gasteiger partial charge in [0.15, 0.2) is 0 Å². The van der Waals surface area contributed by atoms with Crippen LogP contribution in [0.3, 0.4) is 0 Å². The Bertz CT molecular complexity index is 877. The fraction of sp³-hybridized carbons (Fsp3) is 0.500. The monoisotopic (exact) mass is 339 g/mol. The first-order valence-electron chi connectivity index (χ1n) is 8.95. The molecule has 2 saturated heterocycles. The van der Waals surface area contributed by atoms with Crippen molar-refractivity contribution in [3.8, 4) is 11.4 Å². The molecule has 0 saturated carbocycles. The molecule has 0 amide bonds. The highest BCUT2D eigenvalue weighted by atomic mass is 16.5. The van der Waals surface area contributed by atoms with Gasteiger partial charge in [-0.1, -0.05) is 17.3 Å². The Morgan fingerprint density at radius 2 is 2.08 bits per heavy atom. The van der Waals surface area contributed by atoms with Crippen molar-refractivity contribution in [3.63, 3.8) is 0 Å². The summed E-state index contributed by atoms with van der Waals surface area (Å²) in [5, 5.41) is 13.2. The predicted molar refractivity (Wildman–Crippen MR) is 92.2 cm³/mol. The predicted octanol–water partition coefficient (Wildman–Crippen LogP) is 2.20. The van der Waals surface area contributed by atoms with E-state index in [0.29, 0.717) is 17.7 Å². The van der Waals surface area contributed by atoms with Crippen molar-refractivity contribution >= 4 is 10.9 Å². The third-order valence-corrected chi connectivity index (χ3v) is 5.17. The quantitative estimate of drug-likeness (QED) is 0.785. The minimum Gasteiger partial charge on any atom is -0.381 e. The lowest BCUT2D eigenvalue weighted by Gasteiger charge is -2.25. The molecular formula is C18H21N5O2. The highest BCUT2D eigenvalue weighted by Crippen LogP contribution is 2.28. The molecule has 1 N–H and O–H groups in total. The van der Waals surface area contributed by atoms with Crippen LogP contribution < -0.4 is 5.32 Å². The molecule has 0 spiro atoms. The summed E-state index contributed by atoms with van der Waals surface area (Å²) in [4.78, 5) is 4.66. The molecule has 25 heavy (non-hydrogen) atoms. The van der Waals surface area contributed by atoms with Crippen LogP contribution in [0.5, 0.6) is 0 Å². The standard InChI is InChI=1S/C18H21N5O2/c1-2-15-8-20-23(9-12-10-24-11-12)16(15)7-14(1)17-21-18(25-22-17)13-3-5-19-6-4-13/h1-2,7-8,12-13,19H,3-6,9-11H2. The Morgan fingerprint density at radius 3 is 2.88 bits per heavy atom. The van der Waals surface area contributed by atoms with Crippen molar-refractivity contribution in [1.29, 1.82) is 0 Å². The number of aromatic nitrogens is 4. The van der Waals surface area contributed by atoms with Gasteiger partial charge in [0.2, 0.25) is 11.7 Å². The lowest BCUT2D eigenvalue weighted by atomic mass is 9.98. The molecule has 7 nitrogen and oxygen atoms in total. The van der Waals surface area contributed by atoms with Gasteiger partial charge in [-0.3, -0.25) is 4.68 Å². The van der Waals surface area contributed by atoms with Gasteiger partial charge in [-0.25, -0.2) is 0 Å². The summed E-state index contributed by atoms with van der Waals surface area (Å²) in [5.74, 6) is 2.35. The molecule has 2 fully saturated rings. The molecule has 0 radical (unpaired) electrons. The molecule has 2 aliphatic heterocycles. The van der Waals surface area contributed by atoms with Crippen molar-refractivity contribution in [2.24, 2.45) is 5.92 Å². The first kappa shape index (κ1) is 15.0. The average molecular weight is 339 g/mol. The molecule has 0 aliphatic carbocycles. The van der Waals surface area contributed by atoms with Gasteiger partial charge in [-0.2, -0.15) is 10.1 Å². The van der Waals surface area contributed by atoms with Crippen LogP contribution in [0.2, 0.25) is 0 Å². The summed E-state index contributed by atoms with van der Waals surface area (Å²) in [6.07, 6.45) is 4.02. The zero-order chi connectivity index (χ0) is 16.6. The fourth-order valence-electron chi connectivity index (χ4n) is 3.58. The molecule has 4 heterocycles. The van der Waals surface area contributed by atoms with Crippen LogP contribution in [-0.4, -0.2) is 46.2 Å². The van der Waals surface area contributed by atoms with Crippen molar-refractivity contribution in [3.05, 3.63) is 30.3 Å². The third kappa shape index (κ3) is 2.83. The van der Waals surface area contributed by atoms with Gasteiger partial charge in [0, 0.05) is 29.3 Å². The number of nitrogens with zero attached hydrogens (tertiary/aromatic N) is 4. The van der Waals surface area contributed by atoms with Crippen LogP contribution in [-0.2, 0) is 11.3 Å². The van der Waals surface area contributed by atoms with Gasteiger partial charge in [0.05, 0.1) is 24.9 Å². The number of benzene rings is 1. The highest BCUT2D eigenvalue weighted by Gasteiger charge is 2.23. The average Bonchev–Trinajstić information content (AvgIpc) is 3.26. The second kappa shape index (κ2) is 6.24. The number of rotatable bonds is 4. The van der Waals surface area contributed by atoms with Crippen molar-refractivity contribution in [1.82, 2.24) is 25.2 Å². The van der Waals surface area contributed by atoms with Crippen LogP contribution >= 0.6 is 0 Å². The maximum atomic E-state index is 5.55. The zero-order valence-corrected chi connectivity index (χ0v) is 14.0. The van der Waals surface area contributed by atoms with Crippen LogP contribution in [0.1, 0.15) is 24.7 Å². The summed E-state index contributed by atoms with van der Waals surface area (Å²) < 4.78 is 12.9. The highest BCUT2D eigenvalue weighted by molar-refractivity contribution is 5.83. The summed E-state index contributed by atoms with van der Waals surface area (Å²) in [6.45, 7) is 4.56. The molecule has 5 rings (SSSR count). The van der Waals surface area contributed by atoms with Gasteiger partial charge in [-0.05, 0) is 32.0 Å². The molecule has 2 aromatic heterocycles. The van der Waals surface area contributed by atoms with Crippen LogP contribution in [0.4, 0.5) is 0 Å². The van der Waals surface area contributed by atoms with Gasteiger partial charge >= 0.3 is 0 Å². The van der Waals surface area contributed by atoms with Crippen LogP contribution in [0.25, 0.3) is 22.3 Å². The van der Waals surface area contributed by atoms with E-state index in [0.717, 1.165) is 68.0 Å². The van der Waals surface area contributed by atoms with Crippen molar-refractivity contribution < 1.29 is 9.26 Å². The van der Waals surface area contributed by atoms with Crippen LogP contribution in [0, 0.1) is 5.92 Å². The smallest absolute Gasteiger partial charge is 0.230 e. The van der Waals surface area contributed by atoms with E-state index in [1.807, 2.05) is 12.3 Å². The van der Waals surface area contributed by atoms with E-state index >= 15 is 0 Å². The molecule has 0 bridgehead atoms. The second-order valence-corrected chi connectivity index (χ2v) is 6.98. The Kier molecular flexibility index (Phi) is 3.75. The number of ether oxygens (including phenoxy) is 1. The molecule has 2 aliphatic rings. The molecule has 3 aromatic rings. The summed E-state index contributed by atoms with van der Waals surface area (Å²) in [6, 6.07) is 6.22.